The van der Waals surface area contributed by atoms with Gasteiger partial charge in [-0.25, -0.2) is 0 Å². The largest absolute Gasteiger partial charge is 0.511 e. The van der Waals surface area contributed by atoms with E-state index in [1.54, 1.807) is 14.2 Å². The zero-order valence-corrected chi connectivity index (χ0v) is 21.5. The van der Waals surface area contributed by atoms with E-state index < -0.39 is 0 Å². The topological polar surface area (TPSA) is 111 Å². The number of hydrogen-bond acceptors (Lipinski definition) is 8. The van der Waals surface area contributed by atoms with E-state index in [4.69, 9.17) is 19.0 Å². The Morgan fingerprint density at radius 2 is 1.86 bits per heavy atom. The second kappa shape index (κ2) is 10.7. The number of aliphatic hydroxyl groups is 1. The molecular weight excluding hydrogens is 460 g/mol. The minimum atomic E-state index is -0.150. The average Bonchev–Trinajstić information content (AvgIpc) is 3.23. The van der Waals surface area contributed by atoms with E-state index in [2.05, 4.69) is 5.16 Å². The Labute approximate surface area is 211 Å². The molecule has 0 saturated heterocycles. The van der Waals surface area contributed by atoms with Crippen LogP contribution in [-0.2, 0) is 24.1 Å². The number of aromatic nitrogens is 1. The van der Waals surface area contributed by atoms with Crippen LogP contribution in [-0.4, -0.2) is 48.3 Å². The third kappa shape index (κ3) is 5.53. The van der Waals surface area contributed by atoms with Gasteiger partial charge in [-0.05, 0) is 48.8 Å². The molecule has 36 heavy (non-hydrogen) atoms. The smallest absolute Gasteiger partial charge is 0.168 e. The molecule has 1 aromatic carbocycles. The Balaban J connectivity index is 1.55. The van der Waals surface area contributed by atoms with Crippen LogP contribution in [0.1, 0.15) is 73.3 Å². The highest BCUT2D eigenvalue weighted by atomic mass is 16.5. The number of carbonyl (C=O) groups excluding carboxylic acids is 2. The van der Waals surface area contributed by atoms with Gasteiger partial charge >= 0.3 is 0 Å². The maximum Gasteiger partial charge on any atom is 0.168 e. The molecule has 1 N–H and O–H groups in total. The number of ether oxygens (including phenoxy) is 2. The molecule has 8 nitrogen and oxygen atoms in total. The van der Waals surface area contributed by atoms with Crippen molar-refractivity contribution in [3.8, 4) is 11.5 Å². The first-order valence-electron chi connectivity index (χ1n) is 12.4. The number of hydrogen-bond donors (Lipinski definition) is 1. The zero-order chi connectivity index (χ0) is 25.9. The van der Waals surface area contributed by atoms with Crippen molar-refractivity contribution in [2.45, 2.75) is 65.2 Å². The number of carbonyl (C=O) groups is 2. The second-order valence-corrected chi connectivity index (χ2v) is 10.2. The predicted molar refractivity (Wildman–Crippen MR) is 135 cm³/mol. The van der Waals surface area contributed by atoms with Crippen LogP contribution in [0.2, 0.25) is 0 Å². The van der Waals surface area contributed by atoms with Gasteiger partial charge in [0.15, 0.2) is 23.1 Å². The number of aliphatic imine (C=N–C) groups is 1. The Bertz CT molecular complexity index is 1220. The maximum atomic E-state index is 12.8. The number of allylic oxidation sites excluding steroid dienone is 2. The molecule has 0 aliphatic heterocycles. The van der Waals surface area contributed by atoms with Crippen LogP contribution >= 0.6 is 0 Å². The standard InChI is InChI=1S/C28H34N2O6/c1-28(2)15-22(33)27-19(30-36-25(27)16-28)10-9-18(26-20(31)6-5-7-21(26)32)29-13-12-17-8-11-23(34-3)24(14-17)35-4/h8,11,14,31H,5-7,9-10,12-13,15-16H2,1-4H3. The highest BCUT2D eigenvalue weighted by Gasteiger charge is 2.36. The number of rotatable bonds is 9. The summed E-state index contributed by atoms with van der Waals surface area (Å²) < 4.78 is 16.2. The van der Waals surface area contributed by atoms with Crippen molar-refractivity contribution in [2.75, 3.05) is 20.8 Å². The summed E-state index contributed by atoms with van der Waals surface area (Å²) in [6.45, 7) is 4.52. The molecule has 1 heterocycles. The zero-order valence-electron chi connectivity index (χ0n) is 21.5. The third-order valence-corrected chi connectivity index (χ3v) is 6.81. The molecule has 0 radical (unpaired) electrons. The maximum absolute atomic E-state index is 12.8. The van der Waals surface area contributed by atoms with E-state index in [-0.39, 0.29) is 22.7 Å². The monoisotopic (exact) mass is 494 g/mol. The SMILES string of the molecule is COc1ccc(CCN=C(CCc2noc3c2C(=O)CC(C)(C)C3)C2=C(O)CCCC2=O)cc1OC. The minimum Gasteiger partial charge on any atom is -0.511 e. The number of aliphatic hydroxyl groups excluding tert-OH is 1. The van der Waals surface area contributed by atoms with Crippen LogP contribution in [0.25, 0.3) is 0 Å². The molecule has 192 valence electrons. The molecule has 2 aromatic rings. The molecule has 0 unspecified atom stereocenters. The van der Waals surface area contributed by atoms with E-state index >= 15 is 0 Å². The molecule has 2 aliphatic carbocycles. The molecule has 0 atom stereocenters. The van der Waals surface area contributed by atoms with Crippen LogP contribution in [0.15, 0.2) is 39.0 Å². The van der Waals surface area contributed by atoms with Crippen LogP contribution < -0.4 is 9.47 Å². The van der Waals surface area contributed by atoms with Crippen molar-refractivity contribution in [2.24, 2.45) is 10.4 Å². The molecule has 0 spiro atoms. The van der Waals surface area contributed by atoms with Gasteiger partial charge in [-0.15, -0.1) is 0 Å². The van der Waals surface area contributed by atoms with Crippen LogP contribution in [0.5, 0.6) is 11.5 Å². The van der Waals surface area contributed by atoms with Crippen molar-refractivity contribution in [1.29, 1.82) is 0 Å². The van der Waals surface area contributed by atoms with E-state index in [9.17, 15) is 14.7 Å². The lowest BCUT2D eigenvalue weighted by molar-refractivity contribution is -0.115. The summed E-state index contributed by atoms with van der Waals surface area (Å²) in [6.07, 6.45) is 4.01. The highest BCUT2D eigenvalue weighted by Crippen LogP contribution is 2.36. The number of methoxy groups -OCH3 is 2. The molecule has 0 amide bonds. The predicted octanol–water partition coefficient (Wildman–Crippen LogP) is 5.03. The van der Waals surface area contributed by atoms with E-state index in [0.29, 0.717) is 97.7 Å². The second-order valence-electron chi connectivity index (χ2n) is 10.2. The van der Waals surface area contributed by atoms with Crippen LogP contribution in [0, 0.1) is 5.41 Å². The molecule has 1 aromatic heterocycles. The molecule has 2 aliphatic rings. The van der Waals surface area contributed by atoms with Crippen molar-refractivity contribution in [3.05, 3.63) is 52.1 Å². The summed E-state index contributed by atoms with van der Waals surface area (Å²) in [6, 6.07) is 5.71. The lowest BCUT2D eigenvalue weighted by Gasteiger charge is -2.26. The molecule has 0 fully saturated rings. The Hall–Kier alpha value is -3.42. The fourth-order valence-electron chi connectivity index (χ4n) is 5.02. The van der Waals surface area contributed by atoms with Gasteiger partial charge in [-0.2, -0.15) is 0 Å². The van der Waals surface area contributed by atoms with Gasteiger partial charge < -0.3 is 19.1 Å². The van der Waals surface area contributed by atoms with Gasteiger partial charge in [0.05, 0.1) is 31.1 Å². The van der Waals surface area contributed by atoms with Gasteiger partial charge in [0, 0.05) is 37.9 Å². The first kappa shape index (κ1) is 25.7. The van der Waals surface area contributed by atoms with Gasteiger partial charge in [0.1, 0.15) is 11.5 Å². The summed E-state index contributed by atoms with van der Waals surface area (Å²) >= 11 is 0. The molecule has 0 saturated carbocycles. The summed E-state index contributed by atoms with van der Waals surface area (Å²) in [7, 11) is 3.19. The van der Waals surface area contributed by atoms with Gasteiger partial charge in [-0.1, -0.05) is 25.1 Å². The Kier molecular flexibility index (Phi) is 7.62. The molecule has 8 heteroatoms. The average molecular weight is 495 g/mol. The quantitative estimate of drug-likeness (QED) is 0.487. The Morgan fingerprint density at radius 1 is 1.08 bits per heavy atom. The number of aryl methyl sites for hydroxylation is 1. The van der Waals surface area contributed by atoms with Gasteiger partial charge in [0.2, 0.25) is 0 Å². The third-order valence-electron chi connectivity index (χ3n) is 6.81. The van der Waals surface area contributed by atoms with Crippen molar-refractivity contribution in [3.63, 3.8) is 0 Å². The van der Waals surface area contributed by atoms with Crippen molar-refractivity contribution >= 4 is 17.3 Å². The van der Waals surface area contributed by atoms with Crippen molar-refractivity contribution in [1.82, 2.24) is 5.16 Å². The minimum absolute atomic E-state index is 0.0419. The summed E-state index contributed by atoms with van der Waals surface area (Å²) in [4.78, 5) is 30.3. The van der Waals surface area contributed by atoms with Crippen molar-refractivity contribution < 1.29 is 28.7 Å². The first-order chi connectivity index (χ1) is 17.2. The number of fused-ring (bicyclic) bond motifs is 1. The number of ketones is 2. The molecular formula is C28H34N2O6. The van der Waals surface area contributed by atoms with Gasteiger partial charge in [-0.3, -0.25) is 14.6 Å². The van der Waals surface area contributed by atoms with Gasteiger partial charge in [0.25, 0.3) is 0 Å². The van der Waals surface area contributed by atoms with E-state index in [1.807, 2.05) is 32.0 Å². The number of benzene rings is 1. The summed E-state index contributed by atoms with van der Waals surface area (Å²) in [5.74, 6) is 1.97. The van der Waals surface area contributed by atoms with E-state index in [1.165, 1.54) is 0 Å². The number of Topliss-reactive ketones (excluding diaryl/α,β-unsaturated/α-hetero) is 2. The Morgan fingerprint density at radius 3 is 2.58 bits per heavy atom. The molecule has 0 bridgehead atoms. The molecule has 4 rings (SSSR count). The lowest BCUT2D eigenvalue weighted by Crippen LogP contribution is -2.26. The fourth-order valence-corrected chi connectivity index (χ4v) is 5.02. The summed E-state index contributed by atoms with van der Waals surface area (Å²) in [5.41, 5.74) is 2.91. The number of nitrogens with zero attached hydrogens (tertiary/aromatic N) is 2. The lowest BCUT2D eigenvalue weighted by atomic mass is 9.76. The fraction of sp³-hybridized carbons (Fsp3) is 0.500. The normalized spacial score (nSPS) is 17.8. The first-order valence-corrected chi connectivity index (χ1v) is 12.4. The summed E-state index contributed by atoms with van der Waals surface area (Å²) in [5, 5.41) is 14.8. The van der Waals surface area contributed by atoms with Crippen LogP contribution in [0.4, 0.5) is 0 Å². The van der Waals surface area contributed by atoms with Crippen LogP contribution in [0.3, 0.4) is 0 Å². The highest BCUT2D eigenvalue weighted by molar-refractivity contribution is 6.23. The van der Waals surface area contributed by atoms with E-state index in [0.717, 1.165) is 5.56 Å².